The quantitative estimate of drug-likeness (QED) is 0.365. The number of likely N-dealkylation sites (N-methyl/N-ethyl adjacent to an activating group) is 1. The lowest BCUT2D eigenvalue weighted by Crippen LogP contribution is -2.50. The van der Waals surface area contributed by atoms with Crippen molar-refractivity contribution < 1.29 is 9.59 Å². The summed E-state index contributed by atoms with van der Waals surface area (Å²) in [5, 5.41) is 3.59. The highest BCUT2D eigenvalue weighted by Gasteiger charge is 2.29. The van der Waals surface area contributed by atoms with E-state index in [0.717, 1.165) is 16.9 Å². The zero-order valence-electron chi connectivity index (χ0n) is 19.3. The van der Waals surface area contributed by atoms with Crippen molar-refractivity contribution >= 4 is 46.8 Å². The fraction of sp³-hybridized carbons (Fsp3) is 0.259. The standard InChI is InChI=1S/C27H28Cl2N2O2S/c1-19-7-6-10-22(13-19)17-34-18-26(32)31(16-21-11-12-23(28)24(29)14-21)25(27(33)30-2)15-20-8-4-3-5-9-20/h3-14,25H,15-18H2,1-2H3,(H,30,33)/t25-/m0/s1. The molecule has 0 aliphatic heterocycles. The molecule has 3 aromatic carbocycles. The molecule has 0 heterocycles. The molecule has 3 aromatic rings. The molecule has 0 fully saturated rings. The minimum Gasteiger partial charge on any atom is -0.357 e. The topological polar surface area (TPSA) is 49.4 Å². The maximum absolute atomic E-state index is 13.5. The third kappa shape index (κ3) is 7.52. The molecule has 4 nitrogen and oxygen atoms in total. The first-order valence-electron chi connectivity index (χ1n) is 11.0. The first-order chi connectivity index (χ1) is 16.4. The summed E-state index contributed by atoms with van der Waals surface area (Å²) < 4.78 is 0. The van der Waals surface area contributed by atoms with Crippen LogP contribution in [0.25, 0.3) is 0 Å². The molecule has 0 aliphatic rings. The number of benzene rings is 3. The number of rotatable bonds is 10. The lowest BCUT2D eigenvalue weighted by Gasteiger charge is -2.31. The highest BCUT2D eigenvalue weighted by atomic mass is 35.5. The fourth-order valence-corrected chi connectivity index (χ4v) is 4.87. The van der Waals surface area contributed by atoms with Crippen molar-refractivity contribution in [3.8, 4) is 0 Å². The molecule has 0 spiro atoms. The predicted octanol–water partition coefficient (Wildman–Crippen LogP) is 5.92. The summed E-state index contributed by atoms with van der Waals surface area (Å²) in [7, 11) is 1.59. The largest absolute Gasteiger partial charge is 0.357 e. The van der Waals surface area contributed by atoms with Gasteiger partial charge in [-0.05, 0) is 35.7 Å². The monoisotopic (exact) mass is 514 g/mol. The van der Waals surface area contributed by atoms with E-state index in [-0.39, 0.29) is 24.1 Å². The SMILES string of the molecule is CNC(=O)[C@H](Cc1ccccc1)N(Cc1ccc(Cl)c(Cl)c1)C(=O)CSCc1cccc(C)c1. The molecule has 0 bridgehead atoms. The first kappa shape index (κ1) is 26.1. The second-order valence-corrected chi connectivity index (χ2v) is 9.87. The van der Waals surface area contributed by atoms with Gasteiger partial charge in [-0.2, -0.15) is 0 Å². The van der Waals surface area contributed by atoms with Gasteiger partial charge in [-0.15, -0.1) is 11.8 Å². The Bertz CT molecular complexity index is 1120. The molecule has 1 atom stereocenters. The Hall–Kier alpha value is -2.47. The number of halogens is 2. The third-order valence-electron chi connectivity index (χ3n) is 5.43. The van der Waals surface area contributed by atoms with Gasteiger partial charge in [-0.1, -0.05) is 89.4 Å². The van der Waals surface area contributed by atoms with Gasteiger partial charge in [0.1, 0.15) is 6.04 Å². The number of thioether (sulfide) groups is 1. The van der Waals surface area contributed by atoms with Crippen LogP contribution in [0.15, 0.2) is 72.8 Å². The highest BCUT2D eigenvalue weighted by molar-refractivity contribution is 7.99. The van der Waals surface area contributed by atoms with Crippen molar-refractivity contribution in [1.29, 1.82) is 0 Å². The summed E-state index contributed by atoms with van der Waals surface area (Å²) in [6, 6.07) is 22.6. The van der Waals surface area contributed by atoms with Crippen molar-refractivity contribution in [3.05, 3.63) is 105 Å². The number of amides is 2. The molecule has 0 saturated carbocycles. The molecule has 0 unspecified atom stereocenters. The summed E-state index contributed by atoms with van der Waals surface area (Å²) in [6.07, 6.45) is 0.413. The molecule has 0 radical (unpaired) electrons. The van der Waals surface area contributed by atoms with Crippen LogP contribution < -0.4 is 5.32 Å². The van der Waals surface area contributed by atoms with Crippen molar-refractivity contribution in [3.63, 3.8) is 0 Å². The molecule has 0 aromatic heterocycles. The molecular formula is C27H28Cl2N2O2S. The maximum atomic E-state index is 13.5. The summed E-state index contributed by atoms with van der Waals surface area (Å²) in [6.45, 7) is 2.31. The Kier molecular flexibility index (Phi) is 9.87. The Labute approximate surface area is 215 Å². The summed E-state index contributed by atoms with van der Waals surface area (Å²) in [5.74, 6) is 0.670. The van der Waals surface area contributed by atoms with E-state index in [0.29, 0.717) is 16.5 Å². The van der Waals surface area contributed by atoms with Gasteiger partial charge in [0.25, 0.3) is 0 Å². The van der Waals surface area contributed by atoms with Crippen LogP contribution in [-0.4, -0.2) is 35.6 Å². The zero-order valence-corrected chi connectivity index (χ0v) is 21.6. The number of hydrogen-bond acceptors (Lipinski definition) is 3. The van der Waals surface area contributed by atoms with Gasteiger partial charge in [0, 0.05) is 25.8 Å². The molecule has 2 amide bonds. The van der Waals surface area contributed by atoms with Gasteiger partial charge in [-0.3, -0.25) is 9.59 Å². The number of nitrogens with zero attached hydrogens (tertiary/aromatic N) is 1. The van der Waals surface area contributed by atoms with Gasteiger partial charge in [0.2, 0.25) is 11.8 Å². The molecular weight excluding hydrogens is 487 g/mol. The average Bonchev–Trinajstić information content (AvgIpc) is 2.83. The maximum Gasteiger partial charge on any atom is 0.242 e. The van der Waals surface area contributed by atoms with Gasteiger partial charge >= 0.3 is 0 Å². The fourth-order valence-electron chi connectivity index (χ4n) is 3.70. The normalized spacial score (nSPS) is 11.6. The van der Waals surface area contributed by atoms with Crippen LogP contribution in [0.2, 0.25) is 10.0 Å². The van der Waals surface area contributed by atoms with Crippen LogP contribution in [0.5, 0.6) is 0 Å². The Morgan fingerprint density at radius 1 is 0.912 bits per heavy atom. The van der Waals surface area contributed by atoms with Crippen LogP contribution >= 0.6 is 35.0 Å². The van der Waals surface area contributed by atoms with E-state index < -0.39 is 6.04 Å². The second kappa shape index (κ2) is 12.8. The second-order valence-electron chi connectivity index (χ2n) is 8.07. The lowest BCUT2D eigenvalue weighted by molar-refractivity contribution is -0.139. The smallest absolute Gasteiger partial charge is 0.242 e. The van der Waals surface area contributed by atoms with Crippen molar-refractivity contribution in [2.45, 2.75) is 31.7 Å². The molecule has 3 rings (SSSR count). The minimum atomic E-state index is -0.658. The van der Waals surface area contributed by atoms with Crippen LogP contribution in [0.1, 0.15) is 22.3 Å². The molecule has 7 heteroatoms. The molecule has 178 valence electrons. The van der Waals surface area contributed by atoms with Crippen molar-refractivity contribution in [1.82, 2.24) is 10.2 Å². The highest BCUT2D eigenvalue weighted by Crippen LogP contribution is 2.25. The summed E-state index contributed by atoms with van der Waals surface area (Å²) in [4.78, 5) is 28.1. The Morgan fingerprint density at radius 3 is 2.32 bits per heavy atom. The van der Waals surface area contributed by atoms with E-state index in [2.05, 4.69) is 30.4 Å². The van der Waals surface area contributed by atoms with E-state index in [4.69, 9.17) is 23.2 Å². The van der Waals surface area contributed by atoms with Gasteiger partial charge in [0.15, 0.2) is 0 Å². The first-order valence-corrected chi connectivity index (χ1v) is 12.9. The van der Waals surface area contributed by atoms with E-state index in [1.165, 1.54) is 11.1 Å². The number of nitrogens with one attached hydrogen (secondary N) is 1. The summed E-state index contributed by atoms with van der Waals surface area (Å²) >= 11 is 13.8. The van der Waals surface area contributed by atoms with E-state index in [9.17, 15) is 9.59 Å². The number of carbonyl (C=O) groups is 2. The van der Waals surface area contributed by atoms with Crippen LogP contribution in [-0.2, 0) is 28.3 Å². The summed E-state index contributed by atoms with van der Waals surface area (Å²) in [5.41, 5.74) is 4.15. The van der Waals surface area contributed by atoms with Gasteiger partial charge < -0.3 is 10.2 Å². The van der Waals surface area contributed by atoms with Crippen LogP contribution in [0.3, 0.4) is 0 Å². The van der Waals surface area contributed by atoms with Crippen molar-refractivity contribution in [2.24, 2.45) is 0 Å². The van der Waals surface area contributed by atoms with Gasteiger partial charge in [0.05, 0.1) is 15.8 Å². The zero-order chi connectivity index (χ0) is 24.5. The predicted molar refractivity (Wildman–Crippen MR) is 142 cm³/mol. The average molecular weight is 516 g/mol. The van der Waals surface area contributed by atoms with E-state index >= 15 is 0 Å². The lowest BCUT2D eigenvalue weighted by atomic mass is 10.0. The number of aryl methyl sites for hydroxylation is 1. The number of carbonyl (C=O) groups excluding carboxylic acids is 2. The van der Waals surface area contributed by atoms with Crippen LogP contribution in [0.4, 0.5) is 0 Å². The Balaban J connectivity index is 1.83. The molecule has 34 heavy (non-hydrogen) atoms. The molecule has 0 aliphatic carbocycles. The third-order valence-corrected chi connectivity index (χ3v) is 7.16. The van der Waals surface area contributed by atoms with Crippen LogP contribution in [0, 0.1) is 6.92 Å². The molecule has 0 saturated heterocycles. The van der Waals surface area contributed by atoms with Crippen molar-refractivity contribution in [2.75, 3.05) is 12.8 Å². The Morgan fingerprint density at radius 2 is 1.65 bits per heavy atom. The van der Waals surface area contributed by atoms with Gasteiger partial charge in [-0.25, -0.2) is 0 Å². The number of hydrogen-bond donors (Lipinski definition) is 1. The molecule has 1 N–H and O–H groups in total. The van der Waals surface area contributed by atoms with E-state index in [1.54, 1.807) is 35.8 Å². The van der Waals surface area contributed by atoms with E-state index in [1.807, 2.05) is 42.5 Å². The minimum absolute atomic E-state index is 0.103.